The molecule has 7 heteroatoms. The summed E-state index contributed by atoms with van der Waals surface area (Å²) in [6, 6.07) is 16.6. The van der Waals surface area contributed by atoms with Gasteiger partial charge in [-0.1, -0.05) is 24.3 Å². The van der Waals surface area contributed by atoms with Crippen LogP contribution < -0.4 is 20.5 Å². The van der Waals surface area contributed by atoms with Crippen LogP contribution in [0.25, 0.3) is 21.3 Å². The molecular weight excluding hydrogens is 408 g/mol. The van der Waals surface area contributed by atoms with Gasteiger partial charge in [0.05, 0.1) is 25.8 Å². The summed E-state index contributed by atoms with van der Waals surface area (Å²) in [4.78, 5) is 11.7. The molecule has 4 aromatic rings. The van der Waals surface area contributed by atoms with E-state index in [1.165, 1.54) is 15.3 Å². The zero-order valence-electron chi connectivity index (χ0n) is 18.1. The Kier molecular flexibility index (Phi) is 6.06. The van der Waals surface area contributed by atoms with Gasteiger partial charge >= 0.3 is 0 Å². The minimum Gasteiger partial charge on any atom is -0.493 e. The Hall–Kier alpha value is -3.16. The Morgan fingerprint density at radius 1 is 1.00 bits per heavy atom. The van der Waals surface area contributed by atoms with Crippen molar-refractivity contribution >= 4 is 28.1 Å². The number of nitrogens with one attached hydrogen (secondary N) is 1. The molecule has 0 aliphatic carbocycles. The summed E-state index contributed by atoms with van der Waals surface area (Å²) < 4.78 is 10.9. The van der Waals surface area contributed by atoms with Crippen LogP contribution in [0.4, 0.5) is 5.82 Å². The summed E-state index contributed by atoms with van der Waals surface area (Å²) in [6.45, 7) is 4.58. The van der Waals surface area contributed by atoms with Crippen molar-refractivity contribution in [3.05, 3.63) is 64.8 Å². The van der Waals surface area contributed by atoms with Gasteiger partial charge in [0.25, 0.3) is 0 Å². The highest BCUT2D eigenvalue weighted by Crippen LogP contribution is 2.36. The lowest BCUT2D eigenvalue weighted by Gasteiger charge is -2.16. The normalized spacial score (nSPS) is 12.0. The quantitative estimate of drug-likeness (QED) is 0.410. The van der Waals surface area contributed by atoms with Crippen molar-refractivity contribution in [1.82, 2.24) is 9.97 Å². The number of fused-ring (bicyclic) bond motifs is 1. The van der Waals surface area contributed by atoms with Gasteiger partial charge in [0.1, 0.15) is 11.6 Å². The van der Waals surface area contributed by atoms with Gasteiger partial charge < -0.3 is 20.5 Å². The Labute approximate surface area is 186 Å². The van der Waals surface area contributed by atoms with Crippen molar-refractivity contribution < 1.29 is 9.47 Å². The number of nitrogens with zero attached hydrogens (tertiary/aromatic N) is 2. The molecule has 0 saturated carbocycles. The number of nitrogens with two attached hydrogens (primary N) is 1. The summed E-state index contributed by atoms with van der Waals surface area (Å²) in [5.74, 6) is 2.77. The molecule has 0 bridgehead atoms. The molecule has 2 heterocycles. The van der Waals surface area contributed by atoms with E-state index >= 15 is 0 Å². The fraction of sp³-hybridized carbons (Fsp3) is 0.250. The number of aromatic nitrogens is 2. The summed E-state index contributed by atoms with van der Waals surface area (Å²) in [5.41, 5.74) is 8.85. The van der Waals surface area contributed by atoms with Crippen molar-refractivity contribution in [2.24, 2.45) is 5.73 Å². The summed E-state index contributed by atoms with van der Waals surface area (Å²) >= 11 is 1.77. The van der Waals surface area contributed by atoms with Crippen LogP contribution in [0, 0.1) is 6.92 Å². The van der Waals surface area contributed by atoms with Gasteiger partial charge in [0, 0.05) is 27.8 Å². The van der Waals surface area contributed by atoms with Crippen molar-refractivity contribution in [3.63, 3.8) is 0 Å². The molecule has 0 radical (unpaired) electrons. The lowest BCUT2D eigenvalue weighted by atomic mass is 10.1. The lowest BCUT2D eigenvalue weighted by molar-refractivity contribution is 0.356. The number of ether oxygens (including phenoxy) is 2. The van der Waals surface area contributed by atoms with Gasteiger partial charge in [-0.05, 0) is 43.2 Å². The van der Waals surface area contributed by atoms with Gasteiger partial charge in [-0.15, -0.1) is 11.3 Å². The average molecular weight is 435 g/mol. The Bertz CT molecular complexity index is 1200. The van der Waals surface area contributed by atoms with Crippen LogP contribution in [0.3, 0.4) is 0 Å². The second-order valence-electron chi connectivity index (χ2n) is 7.31. The average Bonchev–Trinajstić information content (AvgIpc) is 3.28. The standard InChI is InChI=1S/C24H26N4O2S/c1-14(22-9-10-23(31-22)17-7-5-16(13-25)6-8-17)26-24-18-11-20(29-3)21(30-4)12-19(18)27-15(2)28-24/h5-12,14H,13,25H2,1-4H3,(H,26,27,28). The van der Waals surface area contributed by atoms with E-state index in [-0.39, 0.29) is 6.04 Å². The van der Waals surface area contributed by atoms with E-state index in [2.05, 4.69) is 58.6 Å². The molecule has 1 unspecified atom stereocenters. The Morgan fingerprint density at radius 3 is 2.39 bits per heavy atom. The van der Waals surface area contributed by atoms with Gasteiger partial charge in [-0.3, -0.25) is 0 Å². The van der Waals surface area contributed by atoms with E-state index in [4.69, 9.17) is 15.2 Å². The van der Waals surface area contributed by atoms with Crippen LogP contribution in [0.5, 0.6) is 11.5 Å². The summed E-state index contributed by atoms with van der Waals surface area (Å²) in [5, 5.41) is 4.45. The largest absolute Gasteiger partial charge is 0.493 e. The van der Waals surface area contributed by atoms with Crippen molar-refractivity contribution in [3.8, 4) is 21.9 Å². The van der Waals surface area contributed by atoms with E-state index in [1.807, 2.05) is 19.1 Å². The first-order valence-corrected chi connectivity index (χ1v) is 10.9. The molecule has 2 aromatic carbocycles. The van der Waals surface area contributed by atoms with Crippen LogP contribution in [0.15, 0.2) is 48.5 Å². The van der Waals surface area contributed by atoms with Crippen molar-refractivity contribution in [1.29, 1.82) is 0 Å². The maximum atomic E-state index is 5.71. The molecule has 3 N–H and O–H groups in total. The van der Waals surface area contributed by atoms with Crippen LogP contribution in [-0.2, 0) is 6.54 Å². The molecule has 31 heavy (non-hydrogen) atoms. The van der Waals surface area contributed by atoms with Gasteiger partial charge in [-0.25, -0.2) is 9.97 Å². The predicted molar refractivity (Wildman–Crippen MR) is 127 cm³/mol. The molecule has 6 nitrogen and oxygen atoms in total. The van der Waals surface area contributed by atoms with E-state index in [9.17, 15) is 0 Å². The van der Waals surface area contributed by atoms with Crippen LogP contribution in [0.1, 0.15) is 29.2 Å². The minimum absolute atomic E-state index is 0.0765. The van der Waals surface area contributed by atoms with Crippen LogP contribution in [-0.4, -0.2) is 24.2 Å². The third-order valence-corrected chi connectivity index (χ3v) is 6.51. The number of hydrogen-bond donors (Lipinski definition) is 2. The first kappa shape index (κ1) is 21.1. The van der Waals surface area contributed by atoms with Crippen LogP contribution in [0.2, 0.25) is 0 Å². The van der Waals surface area contributed by atoms with Gasteiger partial charge in [-0.2, -0.15) is 0 Å². The molecule has 0 amide bonds. The first-order valence-electron chi connectivity index (χ1n) is 10.1. The highest BCUT2D eigenvalue weighted by atomic mass is 32.1. The fourth-order valence-electron chi connectivity index (χ4n) is 3.50. The number of benzene rings is 2. The summed E-state index contributed by atoms with van der Waals surface area (Å²) in [7, 11) is 3.25. The third-order valence-electron chi connectivity index (χ3n) is 5.19. The number of rotatable bonds is 7. The highest BCUT2D eigenvalue weighted by molar-refractivity contribution is 7.15. The van der Waals surface area contributed by atoms with E-state index in [0.29, 0.717) is 23.9 Å². The lowest BCUT2D eigenvalue weighted by Crippen LogP contribution is -2.08. The van der Waals surface area contributed by atoms with Crippen molar-refractivity contribution in [2.75, 3.05) is 19.5 Å². The Morgan fingerprint density at radius 2 is 1.71 bits per heavy atom. The van der Waals surface area contributed by atoms with Gasteiger partial charge in [0.2, 0.25) is 0 Å². The van der Waals surface area contributed by atoms with E-state index in [1.54, 1.807) is 25.6 Å². The molecule has 0 aliphatic rings. The molecule has 0 spiro atoms. The molecule has 0 saturated heterocycles. The number of aryl methyl sites for hydroxylation is 1. The van der Waals surface area contributed by atoms with Crippen molar-refractivity contribution in [2.45, 2.75) is 26.4 Å². The Balaban J connectivity index is 1.63. The maximum absolute atomic E-state index is 5.71. The molecular formula is C24H26N4O2S. The highest BCUT2D eigenvalue weighted by Gasteiger charge is 2.16. The first-order chi connectivity index (χ1) is 15.0. The fourth-order valence-corrected chi connectivity index (χ4v) is 4.52. The molecule has 1 atom stereocenters. The second-order valence-corrected chi connectivity index (χ2v) is 8.43. The number of anilines is 1. The van der Waals surface area contributed by atoms with E-state index < -0.39 is 0 Å². The molecule has 0 aliphatic heterocycles. The van der Waals surface area contributed by atoms with E-state index in [0.717, 1.165) is 22.3 Å². The smallest absolute Gasteiger partial charge is 0.162 e. The molecule has 4 rings (SSSR count). The SMILES string of the molecule is COc1cc2nc(C)nc(NC(C)c3ccc(-c4ccc(CN)cc4)s3)c2cc1OC. The van der Waals surface area contributed by atoms with Gasteiger partial charge in [0.15, 0.2) is 11.5 Å². The summed E-state index contributed by atoms with van der Waals surface area (Å²) in [6.07, 6.45) is 0. The second kappa shape index (κ2) is 8.91. The molecule has 160 valence electrons. The minimum atomic E-state index is 0.0765. The zero-order valence-corrected chi connectivity index (χ0v) is 18.9. The zero-order chi connectivity index (χ0) is 22.0. The monoisotopic (exact) mass is 434 g/mol. The van der Waals surface area contributed by atoms with Crippen LogP contribution >= 0.6 is 11.3 Å². The number of methoxy groups -OCH3 is 2. The number of hydrogen-bond acceptors (Lipinski definition) is 7. The predicted octanol–water partition coefficient (Wildman–Crippen LogP) is 5.32. The third kappa shape index (κ3) is 4.33. The number of thiophene rings is 1. The maximum Gasteiger partial charge on any atom is 0.162 e. The molecule has 2 aromatic heterocycles. The molecule has 0 fully saturated rings. The topological polar surface area (TPSA) is 82.3 Å².